The van der Waals surface area contributed by atoms with E-state index in [1.807, 2.05) is 31.2 Å². The highest BCUT2D eigenvalue weighted by Gasteiger charge is 2.35. The van der Waals surface area contributed by atoms with Crippen molar-refractivity contribution in [2.24, 2.45) is 0 Å². The van der Waals surface area contributed by atoms with E-state index in [1.165, 1.54) is 29.2 Å². The molecule has 0 unspecified atom stereocenters. The van der Waals surface area contributed by atoms with Crippen molar-refractivity contribution < 1.29 is 18.7 Å². The van der Waals surface area contributed by atoms with E-state index in [2.05, 4.69) is 0 Å². The quantitative estimate of drug-likeness (QED) is 0.846. The van der Waals surface area contributed by atoms with Crippen molar-refractivity contribution in [2.45, 2.75) is 19.9 Å². The molecule has 0 aliphatic carbocycles. The molecule has 0 saturated carbocycles. The molecule has 1 fully saturated rings. The average molecular weight is 356 g/mol. The number of carbonyl (C=O) groups is 2. The summed E-state index contributed by atoms with van der Waals surface area (Å²) in [6.45, 7) is 4.96. The summed E-state index contributed by atoms with van der Waals surface area (Å²) in [5.41, 5.74) is 1.12. The summed E-state index contributed by atoms with van der Waals surface area (Å²) in [5.74, 6) is -0.117. The van der Waals surface area contributed by atoms with Crippen LogP contribution in [0.15, 0.2) is 48.5 Å². The zero-order valence-electron chi connectivity index (χ0n) is 14.8. The highest BCUT2D eigenvalue weighted by atomic mass is 19.1. The van der Waals surface area contributed by atoms with Crippen molar-refractivity contribution in [3.05, 3.63) is 59.9 Å². The van der Waals surface area contributed by atoms with Gasteiger partial charge in [-0.1, -0.05) is 6.07 Å². The number of carbonyl (C=O) groups excluding carboxylic acids is 2. The minimum atomic E-state index is -0.600. The molecule has 3 rings (SSSR count). The maximum atomic E-state index is 13.1. The first-order valence-corrected chi connectivity index (χ1v) is 8.62. The first-order valence-electron chi connectivity index (χ1n) is 8.62. The Kier molecular flexibility index (Phi) is 5.21. The van der Waals surface area contributed by atoms with E-state index in [4.69, 9.17) is 4.74 Å². The lowest BCUT2D eigenvalue weighted by Gasteiger charge is -2.39. The Morgan fingerprint density at radius 2 is 1.92 bits per heavy atom. The third kappa shape index (κ3) is 3.54. The topological polar surface area (TPSA) is 49.9 Å². The van der Waals surface area contributed by atoms with Crippen LogP contribution < -0.4 is 9.64 Å². The molecular weight excluding hydrogens is 335 g/mol. The van der Waals surface area contributed by atoms with Gasteiger partial charge in [0.15, 0.2) is 0 Å². The second-order valence-corrected chi connectivity index (χ2v) is 6.10. The van der Waals surface area contributed by atoms with E-state index in [1.54, 1.807) is 11.8 Å². The summed E-state index contributed by atoms with van der Waals surface area (Å²) >= 11 is 0. The highest BCUT2D eigenvalue weighted by molar-refractivity contribution is 6.03. The van der Waals surface area contributed by atoms with Crippen LogP contribution >= 0.6 is 0 Å². The molecule has 2 aromatic carbocycles. The Bertz CT molecular complexity index is 807. The molecule has 1 aliphatic heterocycles. The summed E-state index contributed by atoms with van der Waals surface area (Å²) in [7, 11) is 0. The van der Waals surface area contributed by atoms with Gasteiger partial charge in [-0.3, -0.25) is 9.59 Å². The molecule has 0 spiro atoms. The second-order valence-electron chi connectivity index (χ2n) is 6.10. The van der Waals surface area contributed by atoms with Crippen LogP contribution in [0.5, 0.6) is 5.75 Å². The number of benzene rings is 2. The van der Waals surface area contributed by atoms with Gasteiger partial charge in [0.1, 0.15) is 17.6 Å². The van der Waals surface area contributed by atoms with Crippen LogP contribution in [-0.2, 0) is 4.79 Å². The van der Waals surface area contributed by atoms with E-state index < -0.39 is 11.9 Å². The third-order valence-corrected chi connectivity index (χ3v) is 4.45. The van der Waals surface area contributed by atoms with Crippen molar-refractivity contribution in [1.29, 1.82) is 0 Å². The lowest BCUT2D eigenvalue weighted by molar-refractivity contribution is -0.124. The molecule has 6 heteroatoms. The summed E-state index contributed by atoms with van der Waals surface area (Å²) in [5, 5.41) is 0. The summed E-state index contributed by atoms with van der Waals surface area (Å²) in [6.07, 6.45) is 0. The molecule has 2 aromatic rings. The van der Waals surface area contributed by atoms with E-state index in [-0.39, 0.29) is 11.8 Å². The zero-order chi connectivity index (χ0) is 18.7. The van der Waals surface area contributed by atoms with Crippen LogP contribution in [0.1, 0.15) is 24.2 Å². The maximum Gasteiger partial charge on any atom is 0.254 e. The SMILES string of the molecule is CCOc1cccc(N2CCN(C(=O)c3ccc(F)cc3)[C@@H](C)C2=O)c1. The molecule has 0 bridgehead atoms. The van der Waals surface area contributed by atoms with Crippen molar-refractivity contribution in [3.8, 4) is 5.75 Å². The van der Waals surface area contributed by atoms with E-state index in [0.717, 1.165) is 5.69 Å². The fourth-order valence-corrected chi connectivity index (χ4v) is 3.07. The van der Waals surface area contributed by atoms with Crippen molar-refractivity contribution in [3.63, 3.8) is 0 Å². The molecule has 5 nitrogen and oxygen atoms in total. The highest BCUT2D eigenvalue weighted by Crippen LogP contribution is 2.25. The van der Waals surface area contributed by atoms with E-state index in [0.29, 0.717) is 31.0 Å². The Morgan fingerprint density at radius 3 is 2.62 bits per heavy atom. The normalized spacial score (nSPS) is 17.3. The molecular formula is C20H21FN2O3. The predicted molar refractivity (Wildman–Crippen MR) is 96.9 cm³/mol. The zero-order valence-corrected chi connectivity index (χ0v) is 14.8. The summed E-state index contributed by atoms with van der Waals surface area (Å²) in [6, 6.07) is 12.1. The molecule has 1 atom stereocenters. The fraction of sp³-hybridized carbons (Fsp3) is 0.300. The molecule has 1 aliphatic rings. The van der Waals surface area contributed by atoms with Crippen LogP contribution in [-0.4, -0.2) is 42.5 Å². The number of rotatable bonds is 4. The van der Waals surface area contributed by atoms with Crippen LogP contribution in [0.2, 0.25) is 0 Å². The number of halogens is 1. The van der Waals surface area contributed by atoms with Gasteiger partial charge in [0.25, 0.3) is 5.91 Å². The number of nitrogens with zero attached hydrogens (tertiary/aromatic N) is 2. The van der Waals surface area contributed by atoms with Crippen LogP contribution in [0.4, 0.5) is 10.1 Å². The van der Waals surface area contributed by atoms with Gasteiger partial charge in [-0.2, -0.15) is 0 Å². The Balaban J connectivity index is 1.77. The van der Waals surface area contributed by atoms with Gasteiger partial charge < -0.3 is 14.5 Å². The van der Waals surface area contributed by atoms with Gasteiger partial charge in [0, 0.05) is 30.4 Å². The monoisotopic (exact) mass is 356 g/mol. The third-order valence-electron chi connectivity index (χ3n) is 4.45. The van der Waals surface area contributed by atoms with E-state index in [9.17, 15) is 14.0 Å². The lowest BCUT2D eigenvalue weighted by Crippen LogP contribution is -2.57. The van der Waals surface area contributed by atoms with Gasteiger partial charge in [-0.15, -0.1) is 0 Å². The molecule has 0 radical (unpaired) electrons. The molecule has 136 valence electrons. The van der Waals surface area contributed by atoms with Crippen molar-refractivity contribution >= 4 is 17.5 Å². The van der Waals surface area contributed by atoms with E-state index >= 15 is 0 Å². The van der Waals surface area contributed by atoms with Crippen LogP contribution in [0, 0.1) is 5.82 Å². The number of hydrogen-bond donors (Lipinski definition) is 0. The molecule has 0 aromatic heterocycles. The van der Waals surface area contributed by atoms with Gasteiger partial charge in [0.05, 0.1) is 6.61 Å². The maximum absolute atomic E-state index is 13.1. The molecule has 1 saturated heterocycles. The molecule has 2 amide bonds. The summed E-state index contributed by atoms with van der Waals surface area (Å²) in [4.78, 5) is 28.7. The smallest absolute Gasteiger partial charge is 0.254 e. The molecule has 26 heavy (non-hydrogen) atoms. The Morgan fingerprint density at radius 1 is 1.19 bits per heavy atom. The first kappa shape index (κ1) is 17.9. The number of ether oxygens (including phenoxy) is 1. The lowest BCUT2D eigenvalue weighted by atomic mass is 10.1. The van der Waals surface area contributed by atoms with Gasteiger partial charge in [0.2, 0.25) is 5.91 Å². The number of amides is 2. The standard InChI is InChI=1S/C20H21FN2O3/c1-3-26-18-6-4-5-17(13-18)23-12-11-22(14(2)19(23)24)20(25)15-7-9-16(21)10-8-15/h4-10,13-14H,3,11-12H2,1-2H3/t14-/m0/s1. The van der Waals surface area contributed by atoms with Gasteiger partial charge in [-0.05, 0) is 50.2 Å². The van der Waals surface area contributed by atoms with Crippen LogP contribution in [0.25, 0.3) is 0 Å². The predicted octanol–water partition coefficient (Wildman–Crippen LogP) is 3.10. The van der Waals surface area contributed by atoms with Crippen molar-refractivity contribution in [2.75, 3.05) is 24.6 Å². The largest absolute Gasteiger partial charge is 0.494 e. The van der Waals surface area contributed by atoms with Crippen molar-refractivity contribution in [1.82, 2.24) is 4.90 Å². The molecule has 1 heterocycles. The Hall–Kier alpha value is -2.89. The average Bonchev–Trinajstić information content (AvgIpc) is 2.64. The Labute approximate surface area is 152 Å². The number of piperazine rings is 1. The van der Waals surface area contributed by atoms with Crippen LogP contribution in [0.3, 0.4) is 0 Å². The number of anilines is 1. The van der Waals surface area contributed by atoms with Gasteiger partial charge >= 0.3 is 0 Å². The summed E-state index contributed by atoms with van der Waals surface area (Å²) < 4.78 is 18.6. The minimum absolute atomic E-state index is 0.152. The first-order chi connectivity index (χ1) is 12.5. The second kappa shape index (κ2) is 7.56. The van der Waals surface area contributed by atoms with Gasteiger partial charge in [-0.25, -0.2) is 4.39 Å². The fourth-order valence-electron chi connectivity index (χ4n) is 3.07. The minimum Gasteiger partial charge on any atom is -0.494 e. The molecule has 0 N–H and O–H groups in total. The number of hydrogen-bond acceptors (Lipinski definition) is 3.